The number of anilines is 1. The van der Waals surface area contributed by atoms with Crippen LogP contribution >= 0.6 is 0 Å². The molecule has 0 aliphatic heterocycles. The van der Waals surface area contributed by atoms with Crippen molar-refractivity contribution in [1.82, 2.24) is 5.10 Å². The first kappa shape index (κ1) is 36.8. The second kappa shape index (κ2) is 25.0. The highest BCUT2D eigenvalue weighted by molar-refractivity contribution is 5.66. The number of ether oxygens (including phenoxy) is 8. The number of aryl methyl sites for hydroxylation is 1. The molecule has 0 saturated heterocycles. The predicted octanol–water partition coefficient (Wildman–Crippen LogP) is 1.96. The van der Waals surface area contributed by atoms with E-state index in [1.54, 1.807) is 10.7 Å². The summed E-state index contributed by atoms with van der Waals surface area (Å²) in [5, 5.41) is 13.4. The topological polar surface area (TPSA) is 154 Å². The summed E-state index contributed by atoms with van der Waals surface area (Å²) in [6, 6.07) is 11.1. The Morgan fingerprint density at radius 2 is 1.27 bits per heavy atom. The highest BCUT2D eigenvalue weighted by Gasteiger charge is 2.10. The van der Waals surface area contributed by atoms with Crippen molar-refractivity contribution in [3.63, 3.8) is 0 Å². The number of unbranched alkanes of at least 4 members (excludes halogenated alkanes) is 1. The minimum atomic E-state index is -0.803. The number of rotatable bonds is 28. The van der Waals surface area contributed by atoms with Gasteiger partial charge in [-0.1, -0.05) is 11.0 Å². The summed E-state index contributed by atoms with van der Waals surface area (Å²) in [6.45, 7) is 6.65. The quantitative estimate of drug-likeness (QED) is 0.0619. The van der Waals surface area contributed by atoms with Crippen LogP contribution in [0, 0.1) is 12.3 Å². The Morgan fingerprint density at radius 1 is 0.750 bits per heavy atom. The van der Waals surface area contributed by atoms with Crippen molar-refractivity contribution in [3.05, 3.63) is 36.4 Å². The maximum Gasteiger partial charge on any atom is 0.303 e. The lowest BCUT2D eigenvalue weighted by atomic mass is 10.1. The average molecular weight is 621 g/mol. The number of nitrogens with two attached hydrogens (primary N) is 1. The SMILES string of the molecule is C#CCOCCOCCOCCOCCOCCOCCOCOc1ccc(-c2ccc(N)[n+](CCCCC(=O)O)n2)cc1. The first-order valence-corrected chi connectivity index (χ1v) is 14.7. The van der Waals surface area contributed by atoms with Gasteiger partial charge >= 0.3 is 5.97 Å². The Hall–Kier alpha value is -3.35. The highest BCUT2D eigenvalue weighted by Crippen LogP contribution is 2.20. The zero-order valence-electron chi connectivity index (χ0n) is 25.4. The Balaban J connectivity index is 1.41. The maximum atomic E-state index is 10.7. The van der Waals surface area contributed by atoms with E-state index < -0.39 is 5.97 Å². The molecular formula is C31H46N3O10+. The highest BCUT2D eigenvalue weighted by atomic mass is 16.7. The molecule has 3 N–H and O–H groups in total. The lowest BCUT2D eigenvalue weighted by Crippen LogP contribution is -2.41. The summed E-state index contributed by atoms with van der Waals surface area (Å²) in [7, 11) is 0. The molecule has 44 heavy (non-hydrogen) atoms. The van der Waals surface area contributed by atoms with E-state index in [9.17, 15) is 4.79 Å². The number of carbonyl (C=O) groups is 1. The molecule has 0 aliphatic carbocycles. The van der Waals surface area contributed by atoms with Gasteiger partial charge in [0.2, 0.25) is 0 Å². The number of benzene rings is 1. The third-order valence-corrected chi connectivity index (χ3v) is 5.83. The fourth-order valence-electron chi connectivity index (χ4n) is 3.58. The summed E-state index contributed by atoms with van der Waals surface area (Å²) in [5.41, 5.74) is 7.69. The van der Waals surface area contributed by atoms with Crippen molar-refractivity contribution in [2.45, 2.75) is 25.8 Å². The largest absolute Gasteiger partial charge is 0.481 e. The number of carboxylic acids is 1. The molecule has 0 amide bonds. The Labute approximate surface area is 259 Å². The van der Waals surface area contributed by atoms with Crippen molar-refractivity contribution in [3.8, 4) is 29.4 Å². The van der Waals surface area contributed by atoms with Crippen molar-refractivity contribution >= 4 is 11.8 Å². The lowest BCUT2D eigenvalue weighted by Gasteiger charge is -2.09. The fourth-order valence-corrected chi connectivity index (χ4v) is 3.58. The van der Waals surface area contributed by atoms with Gasteiger partial charge in [0.25, 0.3) is 5.82 Å². The summed E-state index contributed by atoms with van der Waals surface area (Å²) < 4.78 is 45.0. The Kier molecular flexibility index (Phi) is 21.0. The van der Waals surface area contributed by atoms with Gasteiger partial charge in [-0.15, -0.1) is 11.1 Å². The summed E-state index contributed by atoms with van der Waals surface area (Å²) in [6.07, 6.45) is 6.46. The van der Waals surface area contributed by atoms with Gasteiger partial charge in [0.1, 0.15) is 24.6 Å². The Morgan fingerprint density at radius 3 is 1.80 bits per heavy atom. The van der Waals surface area contributed by atoms with Crippen LogP contribution < -0.4 is 15.2 Å². The van der Waals surface area contributed by atoms with Gasteiger partial charge in [-0.3, -0.25) is 10.5 Å². The summed E-state index contributed by atoms with van der Waals surface area (Å²) in [4.78, 5) is 10.7. The Bertz CT molecular complexity index is 1070. The maximum absolute atomic E-state index is 10.7. The van der Waals surface area contributed by atoms with E-state index in [0.717, 1.165) is 11.3 Å². The molecular weight excluding hydrogens is 574 g/mol. The number of nitrogens with zero attached hydrogens (tertiary/aromatic N) is 2. The van der Waals surface area contributed by atoms with Gasteiger partial charge in [0, 0.05) is 18.1 Å². The number of carboxylic acid groups (broad SMARTS) is 1. The molecule has 0 fully saturated rings. The van der Waals surface area contributed by atoms with Gasteiger partial charge in [-0.05, 0) is 43.2 Å². The van der Waals surface area contributed by atoms with E-state index in [4.69, 9.17) is 55.2 Å². The minimum absolute atomic E-state index is 0.103. The van der Waals surface area contributed by atoms with E-state index in [-0.39, 0.29) is 13.2 Å². The lowest BCUT2D eigenvalue weighted by molar-refractivity contribution is -0.739. The zero-order valence-corrected chi connectivity index (χ0v) is 25.4. The number of aromatic nitrogens is 2. The van der Waals surface area contributed by atoms with Crippen LogP contribution in [0.25, 0.3) is 11.3 Å². The molecule has 13 nitrogen and oxygen atoms in total. The van der Waals surface area contributed by atoms with Crippen molar-refractivity contribution in [2.24, 2.45) is 0 Å². The molecule has 244 valence electrons. The molecule has 0 saturated carbocycles. The monoisotopic (exact) mass is 620 g/mol. The molecule has 2 aromatic rings. The van der Waals surface area contributed by atoms with Gasteiger partial charge in [-0.25, -0.2) is 0 Å². The molecule has 0 atom stereocenters. The van der Waals surface area contributed by atoms with E-state index in [1.165, 1.54) is 0 Å². The third kappa shape index (κ3) is 18.3. The van der Waals surface area contributed by atoms with E-state index in [0.29, 0.717) is 117 Å². The molecule has 2 rings (SSSR count). The summed E-state index contributed by atoms with van der Waals surface area (Å²) in [5.74, 6) is 2.79. The van der Waals surface area contributed by atoms with E-state index >= 15 is 0 Å². The fraction of sp³-hybridized carbons (Fsp3) is 0.581. The molecule has 0 radical (unpaired) electrons. The van der Waals surface area contributed by atoms with Crippen LogP contribution in [0.1, 0.15) is 19.3 Å². The molecule has 13 heteroatoms. The molecule has 0 aliphatic rings. The number of aliphatic carboxylic acids is 1. The predicted molar refractivity (Wildman–Crippen MR) is 161 cm³/mol. The summed E-state index contributed by atoms with van der Waals surface area (Å²) >= 11 is 0. The van der Waals surface area contributed by atoms with Gasteiger partial charge in [-0.2, -0.15) is 0 Å². The number of hydrogen-bond donors (Lipinski definition) is 2. The van der Waals surface area contributed by atoms with Crippen LogP contribution in [0.4, 0.5) is 5.82 Å². The third-order valence-electron chi connectivity index (χ3n) is 5.83. The normalized spacial score (nSPS) is 11.0. The van der Waals surface area contributed by atoms with Crippen molar-refractivity contribution < 1.29 is 52.5 Å². The number of nitrogen functional groups attached to an aromatic ring is 1. The van der Waals surface area contributed by atoms with Crippen molar-refractivity contribution in [2.75, 3.05) is 98.4 Å². The van der Waals surface area contributed by atoms with Crippen molar-refractivity contribution in [1.29, 1.82) is 0 Å². The standard InChI is InChI=1S/C31H45N3O10/c1-2-13-37-14-15-38-16-17-39-18-19-40-20-21-41-22-23-42-24-25-43-26-44-28-8-6-27(7-9-28)29-10-11-30(32)34(33-29)12-4-3-5-31(35)36/h1,6-11,32H,3-5,12-26H2,(H,35,36)/p+1. The minimum Gasteiger partial charge on any atom is -0.481 e. The number of hydrogen-bond acceptors (Lipinski definition) is 11. The van der Waals surface area contributed by atoms with Crippen LogP contribution in [0.5, 0.6) is 5.75 Å². The van der Waals surface area contributed by atoms with Crippen LogP contribution in [-0.2, 0) is 44.5 Å². The second-order valence-corrected chi connectivity index (χ2v) is 9.23. The van der Waals surface area contributed by atoms with Crippen LogP contribution in [-0.4, -0.2) is 109 Å². The van der Waals surface area contributed by atoms with E-state index in [1.807, 2.05) is 30.3 Å². The molecule has 1 heterocycles. The average Bonchev–Trinajstić information content (AvgIpc) is 3.03. The molecule has 0 unspecified atom stereocenters. The molecule has 1 aromatic carbocycles. The van der Waals surface area contributed by atoms with Gasteiger partial charge in [0.15, 0.2) is 6.79 Å². The first-order chi connectivity index (χ1) is 21.6. The number of terminal acetylenes is 1. The van der Waals surface area contributed by atoms with E-state index in [2.05, 4.69) is 11.0 Å². The van der Waals surface area contributed by atoms with Gasteiger partial charge in [0.05, 0.1) is 79.3 Å². The van der Waals surface area contributed by atoms with Crippen LogP contribution in [0.2, 0.25) is 0 Å². The molecule has 0 bridgehead atoms. The molecule has 0 spiro atoms. The van der Waals surface area contributed by atoms with Crippen LogP contribution in [0.15, 0.2) is 36.4 Å². The second-order valence-electron chi connectivity index (χ2n) is 9.23. The molecule has 1 aromatic heterocycles. The van der Waals surface area contributed by atoms with Gasteiger partial charge < -0.3 is 43.0 Å². The van der Waals surface area contributed by atoms with Crippen LogP contribution in [0.3, 0.4) is 0 Å². The smallest absolute Gasteiger partial charge is 0.303 e. The first-order valence-electron chi connectivity index (χ1n) is 14.7. The zero-order chi connectivity index (χ0) is 31.5.